The fourth-order valence-corrected chi connectivity index (χ4v) is 3.20. The van der Waals surface area contributed by atoms with Crippen LogP contribution >= 0.6 is 0 Å². The van der Waals surface area contributed by atoms with E-state index in [-0.39, 0.29) is 6.10 Å². The summed E-state index contributed by atoms with van der Waals surface area (Å²) in [6.07, 6.45) is 4.14. The summed E-state index contributed by atoms with van der Waals surface area (Å²) < 4.78 is 27.1. The van der Waals surface area contributed by atoms with E-state index < -0.39 is 8.80 Å². The average molecular weight is 262 g/mol. The Labute approximate surface area is 104 Å². The van der Waals surface area contributed by atoms with Gasteiger partial charge in [-0.15, -0.1) is 0 Å². The predicted octanol–water partition coefficient (Wildman–Crippen LogP) is 1.50. The molecule has 1 saturated heterocycles. The molecule has 1 fully saturated rings. The monoisotopic (exact) mass is 262 g/mol. The van der Waals surface area contributed by atoms with Crippen molar-refractivity contribution in [3.63, 3.8) is 0 Å². The van der Waals surface area contributed by atoms with Gasteiger partial charge in [-0.2, -0.15) is 0 Å². The van der Waals surface area contributed by atoms with Crippen LogP contribution in [0.15, 0.2) is 11.5 Å². The Morgan fingerprint density at radius 3 is 2.29 bits per heavy atom. The molecule has 0 N–H and O–H groups in total. The standard InChI is InChI=1S/C11H22O5Si/c1-5-6-7-11(16-9-10-8-15-10)17(12-2,13-3)14-4/h7,10H,5-6,8-9H2,1-4H3/b11-7-. The zero-order chi connectivity index (χ0) is 12.7. The van der Waals surface area contributed by atoms with Crippen LogP contribution in [0.1, 0.15) is 19.8 Å². The maximum absolute atomic E-state index is 5.73. The van der Waals surface area contributed by atoms with Gasteiger partial charge in [-0.25, -0.2) is 0 Å². The zero-order valence-corrected chi connectivity index (χ0v) is 12.0. The van der Waals surface area contributed by atoms with Crippen molar-refractivity contribution in [2.24, 2.45) is 0 Å². The number of hydrogen-bond acceptors (Lipinski definition) is 5. The molecule has 1 rings (SSSR count). The van der Waals surface area contributed by atoms with Gasteiger partial charge in [-0.3, -0.25) is 0 Å². The smallest absolute Gasteiger partial charge is 0.492 e. The van der Waals surface area contributed by atoms with Crippen molar-refractivity contribution < 1.29 is 22.8 Å². The fraction of sp³-hybridized carbons (Fsp3) is 0.818. The molecule has 1 atom stereocenters. The lowest BCUT2D eigenvalue weighted by Crippen LogP contribution is -2.46. The third kappa shape index (κ3) is 4.08. The second kappa shape index (κ2) is 7.12. The van der Waals surface area contributed by atoms with Crippen LogP contribution in [0, 0.1) is 0 Å². The van der Waals surface area contributed by atoms with Crippen LogP contribution in [0.25, 0.3) is 0 Å². The molecule has 1 unspecified atom stereocenters. The van der Waals surface area contributed by atoms with Gasteiger partial charge < -0.3 is 22.8 Å². The Morgan fingerprint density at radius 1 is 1.29 bits per heavy atom. The van der Waals surface area contributed by atoms with E-state index in [9.17, 15) is 0 Å². The van der Waals surface area contributed by atoms with E-state index in [2.05, 4.69) is 6.92 Å². The maximum Gasteiger partial charge on any atom is 0.572 e. The Hall–Kier alpha value is -0.403. The average Bonchev–Trinajstić information content (AvgIpc) is 3.18. The van der Waals surface area contributed by atoms with E-state index in [1.54, 1.807) is 21.3 Å². The number of ether oxygens (including phenoxy) is 2. The summed E-state index contributed by atoms with van der Waals surface area (Å²) in [5.41, 5.74) is 0. The summed E-state index contributed by atoms with van der Waals surface area (Å²) in [6, 6.07) is 0. The molecule has 0 radical (unpaired) electrons. The Balaban J connectivity index is 2.69. The second-order valence-corrected chi connectivity index (χ2v) is 6.62. The van der Waals surface area contributed by atoms with Crippen LogP contribution in [0.5, 0.6) is 0 Å². The van der Waals surface area contributed by atoms with Crippen molar-refractivity contribution in [3.05, 3.63) is 11.5 Å². The molecule has 5 nitrogen and oxygen atoms in total. The van der Waals surface area contributed by atoms with Crippen LogP contribution in [-0.4, -0.2) is 49.5 Å². The van der Waals surface area contributed by atoms with Gasteiger partial charge in [0.1, 0.15) is 12.7 Å². The minimum atomic E-state index is -2.84. The number of unbranched alkanes of at least 4 members (excludes halogenated alkanes) is 1. The zero-order valence-electron chi connectivity index (χ0n) is 11.0. The topological polar surface area (TPSA) is 49.5 Å². The first-order valence-corrected chi connectivity index (χ1v) is 7.55. The molecule has 0 saturated carbocycles. The molecule has 0 aromatic carbocycles. The molecule has 0 aliphatic carbocycles. The lowest BCUT2D eigenvalue weighted by atomic mass is 10.3. The van der Waals surface area contributed by atoms with E-state index in [4.69, 9.17) is 22.8 Å². The van der Waals surface area contributed by atoms with Crippen molar-refractivity contribution in [3.8, 4) is 0 Å². The van der Waals surface area contributed by atoms with Gasteiger partial charge >= 0.3 is 8.80 Å². The number of hydrogen-bond donors (Lipinski definition) is 0. The Bertz CT molecular complexity index is 240. The summed E-state index contributed by atoms with van der Waals surface area (Å²) in [7, 11) is 1.90. The van der Waals surface area contributed by atoms with Gasteiger partial charge in [-0.1, -0.05) is 13.3 Å². The van der Waals surface area contributed by atoms with Gasteiger partial charge in [0.2, 0.25) is 0 Å². The summed E-state index contributed by atoms with van der Waals surface area (Å²) in [4.78, 5) is 0. The van der Waals surface area contributed by atoms with Crippen LogP contribution < -0.4 is 0 Å². The lowest BCUT2D eigenvalue weighted by molar-refractivity contribution is 0.0938. The molecule has 1 heterocycles. The van der Waals surface area contributed by atoms with Gasteiger partial charge in [-0.05, 0) is 12.5 Å². The highest BCUT2D eigenvalue weighted by Crippen LogP contribution is 2.22. The highest BCUT2D eigenvalue weighted by atomic mass is 28.4. The van der Waals surface area contributed by atoms with Crippen LogP contribution in [0.3, 0.4) is 0 Å². The molecule has 0 aromatic heterocycles. The minimum absolute atomic E-state index is 0.206. The first-order valence-electron chi connectivity index (χ1n) is 5.82. The number of allylic oxidation sites excluding steroid dienone is 1. The van der Waals surface area contributed by atoms with Crippen molar-refractivity contribution in [2.75, 3.05) is 34.5 Å². The Kier molecular flexibility index (Phi) is 6.14. The Morgan fingerprint density at radius 2 is 1.88 bits per heavy atom. The molecule has 0 amide bonds. The molecular weight excluding hydrogens is 240 g/mol. The first-order chi connectivity index (χ1) is 8.22. The number of epoxide rings is 1. The fourth-order valence-electron chi connectivity index (χ4n) is 1.45. The minimum Gasteiger partial charge on any atom is -0.492 e. The van der Waals surface area contributed by atoms with E-state index >= 15 is 0 Å². The molecule has 100 valence electrons. The third-order valence-electron chi connectivity index (χ3n) is 2.55. The van der Waals surface area contributed by atoms with Gasteiger partial charge in [0.15, 0.2) is 5.38 Å². The van der Waals surface area contributed by atoms with Gasteiger partial charge in [0, 0.05) is 21.3 Å². The molecule has 0 spiro atoms. The maximum atomic E-state index is 5.73. The van der Waals surface area contributed by atoms with E-state index in [1.807, 2.05) is 6.08 Å². The van der Waals surface area contributed by atoms with Crippen molar-refractivity contribution in [2.45, 2.75) is 25.9 Å². The number of rotatable bonds is 9. The van der Waals surface area contributed by atoms with Crippen molar-refractivity contribution in [1.82, 2.24) is 0 Å². The predicted molar refractivity (Wildman–Crippen MR) is 65.5 cm³/mol. The van der Waals surface area contributed by atoms with E-state index in [0.29, 0.717) is 12.0 Å². The molecule has 6 heteroatoms. The normalized spacial score (nSPS) is 20.5. The molecule has 0 bridgehead atoms. The van der Waals surface area contributed by atoms with Crippen LogP contribution in [-0.2, 0) is 22.8 Å². The van der Waals surface area contributed by atoms with Gasteiger partial charge in [0.25, 0.3) is 0 Å². The van der Waals surface area contributed by atoms with Gasteiger partial charge in [0.05, 0.1) is 6.61 Å². The van der Waals surface area contributed by atoms with E-state index in [1.165, 1.54) is 0 Å². The van der Waals surface area contributed by atoms with Crippen LogP contribution in [0.4, 0.5) is 0 Å². The highest BCUT2D eigenvalue weighted by Gasteiger charge is 2.46. The quantitative estimate of drug-likeness (QED) is 0.358. The molecule has 0 aromatic rings. The SMILES string of the molecule is CCC/C=C(/OCC1CO1)[Si](OC)(OC)OC. The molecule has 1 aliphatic heterocycles. The summed E-state index contributed by atoms with van der Waals surface area (Å²) in [5, 5.41) is 0.683. The van der Waals surface area contributed by atoms with Crippen molar-refractivity contribution >= 4 is 8.80 Å². The van der Waals surface area contributed by atoms with Crippen molar-refractivity contribution in [1.29, 1.82) is 0 Å². The largest absolute Gasteiger partial charge is 0.572 e. The van der Waals surface area contributed by atoms with E-state index in [0.717, 1.165) is 19.4 Å². The highest BCUT2D eigenvalue weighted by molar-refractivity contribution is 6.68. The van der Waals surface area contributed by atoms with Crippen LogP contribution in [0.2, 0.25) is 0 Å². The summed E-state index contributed by atoms with van der Waals surface area (Å²) >= 11 is 0. The summed E-state index contributed by atoms with van der Waals surface area (Å²) in [6.45, 7) is 3.40. The molecule has 17 heavy (non-hydrogen) atoms. The second-order valence-electron chi connectivity index (χ2n) is 3.79. The first kappa shape index (κ1) is 14.7. The lowest BCUT2D eigenvalue weighted by Gasteiger charge is -2.26. The molecule has 1 aliphatic rings. The summed E-state index contributed by atoms with van der Waals surface area (Å²) in [5.74, 6) is 0. The molecular formula is C11H22O5Si. The third-order valence-corrected chi connectivity index (χ3v) is 5.12.